The van der Waals surface area contributed by atoms with Gasteiger partial charge in [0.2, 0.25) is 13.1 Å². The highest BCUT2D eigenvalue weighted by Gasteiger charge is 2.52. The van der Waals surface area contributed by atoms with E-state index in [2.05, 4.69) is 0 Å². The first-order valence-corrected chi connectivity index (χ1v) is 16.4. The van der Waals surface area contributed by atoms with Gasteiger partial charge in [0.15, 0.2) is 35.4 Å². The first-order chi connectivity index (χ1) is 24.9. The lowest BCUT2D eigenvalue weighted by atomic mass is 9.89. The number of cyclic esters (lactones) is 1. The molecule has 0 radical (unpaired) electrons. The number of esters is 2. The minimum Gasteiger partial charge on any atom is -0.493 e. The van der Waals surface area contributed by atoms with E-state index in [0.717, 1.165) is 6.92 Å². The van der Waals surface area contributed by atoms with Gasteiger partial charge in [-0.3, -0.25) is 4.79 Å². The molecule has 2 fully saturated rings. The highest BCUT2D eigenvalue weighted by Crippen LogP contribution is 2.50. The van der Waals surface area contributed by atoms with Crippen LogP contribution >= 0.6 is 0 Å². The third-order valence-electron chi connectivity index (χ3n) is 9.51. The van der Waals surface area contributed by atoms with Crippen LogP contribution in [0.15, 0.2) is 30.3 Å². The Morgan fingerprint density at radius 2 is 1.54 bits per heavy atom. The molecule has 4 heterocycles. The van der Waals surface area contributed by atoms with Crippen molar-refractivity contribution in [2.45, 2.75) is 81.9 Å². The summed E-state index contributed by atoms with van der Waals surface area (Å²) in [6.07, 6.45) is -15.2. The summed E-state index contributed by atoms with van der Waals surface area (Å²) in [5, 5.41) is 53.2. The van der Waals surface area contributed by atoms with Crippen LogP contribution in [-0.2, 0) is 35.1 Å². The van der Waals surface area contributed by atoms with Gasteiger partial charge in [-0.15, -0.1) is 0 Å². The molecular formula is C35H38O17. The van der Waals surface area contributed by atoms with Crippen LogP contribution in [0, 0.1) is 0 Å². The fraction of sp³-hybridized carbons (Fsp3) is 0.486. The van der Waals surface area contributed by atoms with Crippen molar-refractivity contribution < 1.29 is 82.5 Å². The minimum atomic E-state index is -1.78. The molecule has 2 saturated heterocycles. The van der Waals surface area contributed by atoms with Crippen LogP contribution in [0.2, 0.25) is 0 Å². The predicted octanol–water partition coefficient (Wildman–Crippen LogP) is 0.524. The van der Waals surface area contributed by atoms with E-state index in [1.54, 1.807) is 30.3 Å². The Balaban J connectivity index is 1.30. The third-order valence-corrected chi connectivity index (χ3v) is 9.51. The normalized spacial score (nSPS) is 30.8. The second-order valence-electron chi connectivity index (χ2n) is 12.6. The zero-order chi connectivity index (χ0) is 37.0. The lowest BCUT2D eigenvalue weighted by Crippen LogP contribution is -2.64. The van der Waals surface area contributed by atoms with E-state index in [9.17, 15) is 35.1 Å². The average Bonchev–Trinajstić information content (AvgIpc) is 3.77. The van der Waals surface area contributed by atoms with Crippen molar-refractivity contribution in [1.29, 1.82) is 0 Å². The van der Waals surface area contributed by atoms with Crippen LogP contribution in [0.5, 0.6) is 28.7 Å². The molecule has 0 unspecified atom stereocenters. The molecular weight excluding hydrogens is 692 g/mol. The number of fused-ring (bicyclic) bond motifs is 3. The van der Waals surface area contributed by atoms with Gasteiger partial charge in [0.05, 0.1) is 32.5 Å². The minimum absolute atomic E-state index is 0.0427. The van der Waals surface area contributed by atoms with E-state index in [0.29, 0.717) is 50.5 Å². The number of carbonyl (C=O) groups excluding carboxylic acids is 2. The summed E-state index contributed by atoms with van der Waals surface area (Å²) in [7, 11) is 2.92. The van der Waals surface area contributed by atoms with E-state index in [1.807, 2.05) is 0 Å². The van der Waals surface area contributed by atoms with Crippen molar-refractivity contribution in [3.63, 3.8) is 0 Å². The Labute approximate surface area is 296 Å². The van der Waals surface area contributed by atoms with Crippen molar-refractivity contribution >= 4 is 22.7 Å². The standard InChI is InChI=1S/C35H38O17/c1-13-30(51-34-28(40)27(39)26(38)23(10-36)50-34)29(41)32(49-14(2)37)35(48-13)52-31-17-9-21(44-4)20(43-3)8-16(17)24(25-18(31)11-45-33(25)42)15-5-6-19-22(7-15)47-12-46-19/h5-9,13,23,26-30,32,34-36,38-41H,10-12H2,1-4H3/t13-,23-,26-,27+,28-,29+,30-,32-,34+,35+/m1/s1. The molecule has 3 aromatic carbocycles. The average molecular weight is 731 g/mol. The zero-order valence-electron chi connectivity index (χ0n) is 28.4. The molecule has 5 N–H and O–H groups in total. The summed E-state index contributed by atoms with van der Waals surface area (Å²) in [6, 6.07) is 8.58. The molecule has 7 rings (SSSR count). The molecule has 4 aliphatic rings. The Morgan fingerprint density at radius 1 is 0.827 bits per heavy atom. The third kappa shape index (κ3) is 6.12. The van der Waals surface area contributed by atoms with Gasteiger partial charge in [0.1, 0.15) is 49.0 Å². The molecule has 3 aromatic rings. The number of aliphatic hydroxyl groups is 5. The van der Waals surface area contributed by atoms with Gasteiger partial charge in [-0.2, -0.15) is 0 Å². The quantitative estimate of drug-likeness (QED) is 0.189. The van der Waals surface area contributed by atoms with Crippen LogP contribution in [0.1, 0.15) is 29.8 Å². The number of aliphatic hydroxyl groups excluding tert-OH is 5. The Bertz CT molecular complexity index is 1860. The lowest BCUT2D eigenvalue weighted by molar-refractivity contribution is -0.349. The molecule has 17 heteroatoms. The number of carbonyl (C=O) groups is 2. The second kappa shape index (κ2) is 14.2. The number of benzene rings is 3. The summed E-state index contributed by atoms with van der Waals surface area (Å²) >= 11 is 0. The highest BCUT2D eigenvalue weighted by molar-refractivity contribution is 6.14. The van der Waals surface area contributed by atoms with Crippen molar-refractivity contribution in [3.8, 4) is 39.9 Å². The summed E-state index contributed by atoms with van der Waals surface area (Å²) in [5.74, 6) is 0.361. The van der Waals surface area contributed by atoms with Crippen molar-refractivity contribution in [2.75, 3.05) is 27.6 Å². The first kappa shape index (κ1) is 35.9. The molecule has 280 valence electrons. The highest BCUT2D eigenvalue weighted by atomic mass is 16.7. The summed E-state index contributed by atoms with van der Waals surface area (Å²) in [4.78, 5) is 25.9. The van der Waals surface area contributed by atoms with E-state index in [1.165, 1.54) is 21.1 Å². The molecule has 0 bridgehead atoms. The van der Waals surface area contributed by atoms with Crippen LogP contribution < -0.4 is 23.7 Å². The summed E-state index contributed by atoms with van der Waals surface area (Å²) < 4.78 is 57.4. The van der Waals surface area contributed by atoms with E-state index in [-0.39, 0.29) is 24.7 Å². The Hall–Kier alpha value is -4.46. The number of hydrogen-bond acceptors (Lipinski definition) is 17. The van der Waals surface area contributed by atoms with Crippen molar-refractivity contribution in [1.82, 2.24) is 0 Å². The summed E-state index contributed by atoms with van der Waals surface area (Å²) in [6.45, 7) is 1.78. The van der Waals surface area contributed by atoms with Crippen LogP contribution in [-0.4, -0.2) is 127 Å². The molecule has 0 amide bonds. The van der Waals surface area contributed by atoms with Crippen molar-refractivity contribution in [2.24, 2.45) is 0 Å². The summed E-state index contributed by atoms with van der Waals surface area (Å²) in [5.41, 5.74) is 1.61. The fourth-order valence-corrected chi connectivity index (χ4v) is 6.94. The number of methoxy groups -OCH3 is 2. The number of hydrogen-bond donors (Lipinski definition) is 5. The lowest BCUT2D eigenvalue weighted by Gasteiger charge is -2.46. The molecule has 17 nitrogen and oxygen atoms in total. The molecule has 0 saturated carbocycles. The topological polar surface area (TPSA) is 228 Å². The van der Waals surface area contributed by atoms with Gasteiger partial charge in [-0.25, -0.2) is 4.79 Å². The van der Waals surface area contributed by atoms with Gasteiger partial charge < -0.3 is 72.9 Å². The molecule has 0 aliphatic carbocycles. The van der Waals surface area contributed by atoms with Gasteiger partial charge in [-0.1, -0.05) is 6.07 Å². The van der Waals surface area contributed by atoms with Gasteiger partial charge in [0, 0.05) is 23.4 Å². The zero-order valence-corrected chi connectivity index (χ0v) is 28.4. The maximum Gasteiger partial charge on any atom is 0.339 e. The first-order valence-electron chi connectivity index (χ1n) is 16.4. The number of rotatable bonds is 9. The molecule has 52 heavy (non-hydrogen) atoms. The largest absolute Gasteiger partial charge is 0.493 e. The SMILES string of the molecule is COc1cc2c(O[C@@H]3O[C@H](C)[C@@H](O[C@@H]4O[C@H](CO)[C@@H](O)[C@H](O)[C@H]4O)[C@H](O)[C@H]3OC(C)=O)c3c(c(-c4ccc5c(c4)OCO5)c2cc1OC)C(=O)OC3. The predicted molar refractivity (Wildman–Crippen MR) is 173 cm³/mol. The smallest absolute Gasteiger partial charge is 0.339 e. The van der Waals surface area contributed by atoms with E-state index in [4.69, 9.17) is 47.4 Å². The van der Waals surface area contributed by atoms with Crippen LogP contribution in [0.25, 0.3) is 21.9 Å². The number of ether oxygens (including phenoxy) is 10. The van der Waals surface area contributed by atoms with Gasteiger partial charge in [-0.05, 0) is 42.1 Å². The van der Waals surface area contributed by atoms with Gasteiger partial charge in [0.25, 0.3) is 0 Å². The molecule has 10 atom stereocenters. The van der Waals surface area contributed by atoms with Crippen LogP contribution in [0.4, 0.5) is 0 Å². The van der Waals surface area contributed by atoms with Crippen molar-refractivity contribution in [3.05, 3.63) is 41.5 Å². The maximum absolute atomic E-state index is 13.5. The molecule has 0 aromatic heterocycles. The molecule has 4 aliphatic heterocycles. The van der Waals surface area contributed by atoms with Crippen LogP contribution in [0.3, 0.4) is 0 Å². The molecule has 0 spiro atoms. The second-order valence-corrected chi connectivity index (χ2v) is 12.6. The Kier molecular flexibility index (Phi) is 9.79. The maximum atomic E-state index is 13.5. The van der Waals surface area contributed by atoms with E-state index < -0.39 is 80.0 Å². The fourth-order valence-electron chi connectivity index (χ4n) is 6.94. The monoisotopic (exact) mass is 730 g/mol. The van der Waals surface area contributed by atoms with Gasteiger partial charge >= 0.3 is 11.9 Å². The Morgan fingerprint density at radius 3 is 2.23 bits per heavy atom. The van der Waals surface area contributed by atoms with E-state index >= 15 is 0 Å².